The van der Waals surface area contributed by atoms with Gasteiger partial charge in [-0.15, -0.1) is 11.6 Å². The molecule has 0 saturated heterocycles. The number of fused-ring (bicyclic) bond motifs is 1. The molecule has 0 radical (unpaired) electrons. The zero-order chi connectivity index (χ0) is 14.6. The fraction of sp³-hybridized carbons (Fsp3) is 0.611. The fourth-order valence-corrected chi connectivity index (χ4v) is 3.98. The molecular weight excluding hydrogens is 280 g/mol. The second-order valence-corrected chi connectivity index (χ2v) is 7.63. The van der Waals surface area contributed by atoms with Crippen molar-refractivity contribution in [3.05, 3.63) is 29.6 Å². The molecule has 2 aromatic rings. The minimum Gasteiger partial charge on any atom is -0.326 e. The molecule has 2 aliphatic carbocycles. The molecule has 1 aromatic carbocycles. The van der Waals surface area contributed by atoms with E-state index < -0.39 is 0 Å². The van der Waals surface area contributed by atoms with E-state index in [1.165, 1.54) is 36.8 Å². The van der Waals surface area contributed by atoms with Gasteiger partial charge in [0.1, 0.15) is 5.82 Å². The first kappa shape index (κ1) is 13.6. The summed E-state index contributed by atoms with van der Waals surface area (Å²) in [6, 6.07) is 6.40. The van der Waals surface area contributed by atoms with E-state index in [0.717, 1.165) is 35.6 Å². The zero-order valence-electron chi connectivity index (χ0n) is 12.8. The normalized spacial score (nSPS) is 20.4. The van der Waals surface area contributed by atoms with E-state index in [0.29, 0.717) is 0 Å². The van der Waals surface area contributed by atoms with Crippen LogP contribution in [0.4, 0.5) is 0 Å². The molecule has 2 nitrogen and oxygen atoms in total. The van der Waals surface area contributed by atoms with Crippen molar-refractivity contribution >= 4 is 22.6 Å². The molecule has 21 heavy (non-hydrogen) atoms. The predicted molar refractivity (Wildman–Crippen MR) is 87.7 cm³/mol. The maximum absolute atomic E-state index is 6.42. The number of benzene rings is 1. The number of para-hydroxylation sites is 1. The molecule has 1 unspecified atom stereocenters. The quantitative estimate of drug-likeness (QED) is 0.704. The average Bonchev–Trinajstić information content (AvgIpc) is 3.34. The van der Waals surface area contributed by atoms with Gasteiger partial charge in [-0.2, -0.15) is 0 Å². The molecule has 112 valence electrons. The Labute approximate surface area is 131 Å². The molecule has 0 aliphatic heterocycles. The minimum atomic E-state index is -0.0316. The molecule has 2 fully saturated rings. The van der Waals surface area contributed by atoms with Gasteiger partial charge in [0.15, 0.2) is 0 Å². The maximum Gasteiger partial charge on any atom is 0.127 e. The Morgan fingerprint density at radius 3 is 2.48 bits per heavy atom. The fourth-order valence-electron chi connectivity index (χ4n) is 3.81. The number of hydrogen-bond donors (Lipinski definition) is 0. The smallest absolute Gasteiger partial charge is 0.127 e. The first-order valence-electron chi connectivity index (χ1n) is 8.25. The highest BCUT2D eigenvalue weighted by Crippen LogP contribution is 2.50. The summed E-state index contributed by atoms with van der Waals surface area (Å²) in [4.78, 5) is 4.82. The van der Waals surface area contributed by atoms with Crippen molar-refractivity contribution in [2.75, 3.05) is 0 Å². The number of halogens is 1. The molecule has 2 aliphatic rings. The molecular formula is C18H23ClN2. The highest BCUT2D eigenvalue weighted by molar-refractivity contribution is 6.20. The van der Waals surface area contributed by atoms with Crippen molar-refractivity contribution in [3.8, 4) is 0 Å². The van der Waals surface area contributed by atoms with Gasteiger partial charge >= 0.3 is 0 Å². The van der Waals surface area contributed by atoms with E-state index in [4.69, 9.17) is 16.6 Å². The van der Waals surface area contributed by atoms with Crippen molar-refractivity contribution < 1.29 is 0 Å². The lowest BCUT2D eigenvalue weighted by molar-refractivity contribution is 0.348. The number of rotatable bonds is 5. The van der Waals surface area contributed by atoms with Crippen LogP contribution in [0.15, 0.2) is 18.2 Å². The highest BCUT2D eigenvalue weighted by atomic mass is 35.5. The van der Waals surface area contributed by atoms with Crippen LogP contribution in [0, 0.1) is 24.7 Å². The van der Waals surface area contributed by atoms with E-state index >= 15 is 0 Å². The largest absolute Gasteiger partial charge is 0.326 e. The third kappa shape index (κ3) is 2.48. The molecule has 0 amide bonds. The van der Waals surface area contributed by atoms with Crippen LogP contribution in [0.2, 0.25) is 0 Å². The van der Waals surface area contributed by atoms with Gasteiger partial charge in [-0.05, 0) is 68.9 Å². The summed E-state index contributed by atoms with van der Waals surface area (Å²) in [6.07, 6.45) is 5.72. The average molecular weight is 303 g/mol. The lowest BCUT2D eigenvalue weighted by atomic mass is 9.97. The Balaban J connectivity index is 1.79. The Morgan fingerprint density at radius 2 is 1.90 bits per heavy atom. The third-order valence-corrected chi connectivity index (χ3v) is 5.40. The lowest BCUT2D eigenvalue weighted by Gasteiger charge is -2.20. The summed E-state index contributed by atoms with van der Waals surface area (Å²) < 4.78 is 2.43. The Kier molecular flexibility index (Phi) is 3.25. The van der Waals surface area contributed by atoms with E-state index in [2.05, 4.69) is 29.7 Å². The molecule has 1 heterocycles. The monoisotopic (exact) mass is 302 g/mol. The van der Waals surface area contributed by atoms with Crippen molar-refractivity contribution in [2.24, 2.45) is 17.8 Å². The van der Waals surface area contributed by atoms with Gasteiger partial charge < -0.3 is 4.57 Å². The Bertz CT molecular complexity index is 653. The second kappa shape index (κ2) is 5.01. The molecule has 2 saturated carbocycles. The van der Waals surface area contributed by atoms with Crippen LogP contribution in [-0.2, 0) is 6.54 Å². The summed E-state index contributed by atoms with van der Waals surface area (Å²) in [5.74, 6) is 3.80. The van der Waals surface area contributed by atoms with E-state index in [-0.39, 0.29) is 5.38 Å². The first-order chi connectivity index (χ1) is 10.1. The number of aryl methyl sites for hydroxylation is 1. The van der Waals surface area contributed by atoms with Gasteiger partial charge in [-0.25, -0.2) is 4.98 Å². The van der Waals surface area contributed by atoms with E-state index in [9.17, 15) is 0 Å². The van der Waals surface area contributed by atoms with Gasteiger partial charge in [-0.3, -0.25) is 0 Å². The maximum atomic E-state index is 6.42. The van der Waals surface area contributed by atoms with Crippen LogP contribution in [0.3, 0.4) is 0 Å². The van der Waals surface area contributed by atoms with Crippen LogP contribution in [0.1, 0.15) is 49.4 Å². The molecule has 3 heteroatoms. The molecule has 0 N–H and O–H groups in total. The topological polar surface area (TPSA) is 17.8 Å². The number of aromatic nitrogens is 2. The van der Waals surface area contributed by atoms with E-state index in [1.54, 1.807) is 0 Å². The second-order valence-electron chi connectivity index (χ2n) is 6.98. The molecule has 1 atom stereocenters. The number of imidazole rings is 1. The summed E-state index contributed by atoms with van der Waals surface area (Å²) in [5.41, 5.74) is 3.71. The van der Waals surface area contributed by atoms with Crippen molar-refractivity contribution in [3.63, 3.8) is 0 Å². The van der Waals surface area contributed by atoms with Crippen LogP contribution >= 0.6 is 11.6 Å². The predicted octanol–water partition coefficient (Wildman–Crippen LogP) is 5.08. The number of nitrogens with zero attached hydrogens (tertiary/aromatic N) is 2. The Hall–Kier alpha value is -1.02. The van der Waals surface area contributed by atoms with Crippen molar-refractivity contribution in [1.29, 1.82) is 0 Å². The van der Waals surface area contributed by atoms with E-state index in [1.807, 2.05) is 6.92 Å². The number of alkyl halides is 1. The van der Waals surface area contributed by atoms with Gasteiger partial charge in [0.2, 0.25) is 0 Å². The molecule has 4 rings (SSSR count). The standard InChI is InChI=1S/C18H23ClN2/c1-11-4-3-5-16-17(11)21(18(20-16)12(2)19)10-15(13-6-7-13)14-8-9-14/h3-5,12-15H,6-10H2,1-2H3. The van der Waals surface area contributed by atoms with Crippen LogP contribution in [0.25, 0.3) is 11.0 Å². The zero-order valence-corrected chi connectivity index (χ0v) is 13.6. The summed E-state index contributed by atoms with van der Waals surface area (Å²) in [5, 5.41) is -0.0316. The van der Waals surface area contributed by atoms with Gasteiger partial charge in [0, 0.05) is 6.54 Å². The van der Waals surface area contributed by atoms with Gasteiger partial charge in [-0.1, -0.05) is 12.1 Å². The van der Waals surface area contributed by atoms with Gasteiger partial charge in [0.05, 0.1) is 16.4 Å². The van der Waals surface area contributed by atoms with Crippen molar-refractivity contribution in [2.45, 2.75) is 51.5 Å². The van der Waals surface area contributed by atoms with Crippen molar-refractivity contribution in [1.82, 2.24) is 9.55 Å². The highest BCUT2D eigenvalue weighted by Gasteiger charge is 2.41. The summed E-state index contributed by atoms with van der Waals surface area (Å²) in [7, 11) is 0. The molecule has 0 bridgehead atoms. The molecule has 0 spiro atoms. The minimum absolute atomic E-state index is 0.0316. The summed E-state index contributed by atoms with van der Waals surface area (Å²) >= 11 is 6.42. The van der Waals surface area contributed by atoms with Gasteiger partial charge in [0.25, 0.3) is 0 Å². The lowest BCUT2D eigenvalue weighted by Crippen LogP contribution is -2.17. The molecule has 1 aromatic heterocycles. The van der Waals surface area contributed by atoms with Crippen LogP contribution in [-0.4, -0.2) is 9.55 Å². The SMILES string of the molecule is Cc1cccc2nc(C(C)Cl)n(CC(C3CC3)C3CC3)c12. The third-order valence-electron chi connectivity index (χ3n) is 5.20. The number of hydrogen-bond acceptors (Lipinski definition) is 1. The van der Waals surface area contributed by atoms with Crippen LogP contribution < -0.4 is 0 Å². The van der Waals surface area contributed by atoms with Crippen LogP contribution in [0.5, 0.6) is 0 Å². The first-order valence-corrected chi connectivity index (χ1v) is 8.68. The Morgan fingerprint density at radius 1 is 1.24 bits per heavy atom. The summed E-state index contributed by atoms with van der Waals surface area (Å²) in [6.45, 7) is 5.34.